The maximum absolute atomic E-state index is 12.1. The van der Waals surface area contributed by atoms with Gasteiger partial charge in [-0.05, 0) is 6.55 Å². The monoisotopic (exact) mass is 214 g/mol. The zero-order valence-corrected chi connectivity index (χ0v) is 7.36. The van der Waals surface area contributed by atoms with Crippen molar-refractivity contribution in [1.82, 2.24) is 0 Å². The van der Waals surface area contributed by atoms with E-state index in [0.717, 1.165) is 6.55 Å². The largest absolute Gasteiger partial charge is 0.331 e. The van der Waals surface area contributed by atoms with Gasteiger partial charge in [0.25, 0.3) is 6.43 Å². The summed E-state index contributed by atoms with van der Waals surface area (Å²) in [5, 5.41) is 0. The number of alkyl halides is 4. The minimum atomic E-state index is -4.23. The number of hydrogen-bond donors (Lipinski definition) is 0. The minimum Gasteiger partial charge on any atom is -0.204 e. The summed E-state index contributed by atoms with van der Waals surface area (Å²) in [5.74, 6) is 0. The molecule has 0 aromatic heterocycles. The van der Waals surface area contributed by atoms with Crippen LogP contribution in [0.3, 0.4) is 0 Å². The fraction of sp³-hybridized carbons (Fsp3) is 1.00. The molecule has 10 heavy (non-hydrogen) atoms. The van der Waals surface area contributed by atoms with Gasteiger partial charge in [0.05, 0.1) is 0 Å². The van der Waals surface area contributed by atoms with E-state index in [2.05, 4.69) is 0 Å². The van der Waals surface area contributed by atoms with Crippen molar-refractivity contribution >= 4 is 28.9 Å². The average molecular weight is 215 g/mol. The molecule has 0 heterocycles. The third-order valence-corrected chi connectivity index (χ3v) is 3.76. The predicted octanol–water partition coefficient (Wildman–Crippen LogP) is 2.98. The van der Waals surface area contributed by atoms with Gasteiger partial charge < -0.3 is 0 Å². The van der Waals surface area contributed by atoms with Crippen molar-refractivity contribution in [3.63, 3.8) is 0 Å². The van der Waals surface area contributed by atoms with E-state index in [0.29, 0.717) is 0 Å². The molecule has 0 saturated carbocycles. The highest BCUT2D eigenvalue weighted by atomic mass is 35.7. The van der Waals surface area contributed by atoms with E-state index in [1.54, 1.807) is 0 Å². The summed E-state index contributed by atoms with van der Waals surface area (Å²) in [4.78, 5) is 0. The molecule has 0 N–H and O–H groups in total. The Labute approximate surface area is 65.5 Å². The third kappa shape index (κ3) is 2.00. The second kappa shape index (κ2) is 2.87. The normalized spacial score (nSPS) is 14.4. The fourth-order valence-corrected chi connectivity index (χ4v) is 1.07. The Morgan fingerprint density at radius 1 is 1.30 bits per heavy atom. The fourth-order valence-electron chi connectivity index (χ4n) is 0.192. The number of halogens is 6. The van der Waals surface area contributed by atoms with Crippen LogP contribution in [0, 0.1) is 0 Å². The highest BCUT2D eigenvalue weighted by Gasteiger charge is 2.58. The topological polar surface area (TPSA) is 0 Å². The van der Waals surface area contributed by atoms with Crippen LogP contribution in [-0.4, -0.2) is 18.7 Å². The minimum absolute atomic E-state index is 0.752. The molecule has 0 fully saturated rings. The van der Waals surface area contributed by atoms with E-state index in [4.69, 9.17) is 22.2 Å². The Bertz CT molecular complexity index is 120. The van der Waals surface area contributed by atoms with Gasteiger partial charge in [-0.1, -0.05) is 0 Å². The van der Waals surface area contributed by atoms with E-state index in [1.807, 2.05) is 0 Å². The Kier molecular flexibility index (Phi) is 3.02. The van der Waals surface area contributed by atoms with Gasteiger partial charge in [-0.3, -0.25) is 0 Å². The average Bonchev–Trinajstić information content (AvgIpc) is 1.62. The smallest absolute Gasteiger partial charge is 0.204 e. The second-order valence-electron chi connectivity index (χ2n) is 1.81. The summed E-state index contributed by atoms with van der Waals surface area (Å²) in [6.07, 6.45) is -3.78. The molecule has 0 saturated heterocycles. The van der Waals surface area contributed by atoms with Crippen molar-refractivity contribution in [2.75, 3.05) is 0 Å². The van der Waals surface area contributed by atoms with Crippen molar-refractivity contribution in [1.29, 1.82) is 0 Å². The van der Waals surface area contributed by atoms with Crippen molar-refractivity contribution in [2.45, 2.75) is 18.5 Å². The van der Waals surface area contributed by atoms with Gasteiger partial charge in [-0.15, -0.1) is 22.2 Å². The molecule has 0 aromatic rings. The lowest BCUT2D eigenvalue weighted by atomic mass is 10.7. The molecule has 0 amide bonds. The van der Waals surface area contributed by atoms with Crippen LogP contribution in [0.25, 0.3) is 0 Å². The highest BCUT2D eigenvalue weighted by Crippen LogP contribution is 2.38. The van der Waals surface area contributed by atoms with Crippen molar-refractivity contribution in [2.24, 2.45) is 0 Å². The Morgan fingerprint density at radius 3 is 1.60 bits per heavy atom. The van der Waals surface area contributed by atoms with E-state index < -0.39 is 18.7 Å². The van der Waals surface area contributed by atoms with Crippen LogP contribution >= 0.6 is 22.2 Å². The Hall–Kier alpha value is 0.517. The van der Waals surface area contributed by atoms with Gasteiger partial charge in [-0.2, -0.15) is 0 Å². The Morgan fingerprint density at radius 2 is 1.60 bits per heavy atom. The van der Waals surface area contributed by atoms with Gasteiger partial charge in [-0.25, -0.2) is 17.6 Å². The predicted molar refractivity (Wildman–Crippen MR) is 34.3 cm³/mol. The molecule has 0 spiro atoms. The summed E-state index contributed by atoms with van der Waals surface area (Å²) in [6, 6.07) is 0. The molecule has 0 bridgehead atoms. The molecule has 7 heteroatoms. The van der Waals surface area contributed by atoms with E-state index in [-0.39, 0.29) is 0 Å². The number of rotatable bonds is 2. The SMILES string of the molecule is C[Si](Cl)(Cl)C(F)(F)C(F)F. The van der Waals surface area contributed by atoms with Crippen molar-refractivity contribution in [3.05, 3.63) is 0 Å². The first-order valence-corrected chi connectivity index (χ1v) is 6.75. The summed E-state index contributed by atoms with van der Waals surface area (Å²) >= 11 is 9.79. The maximum atomic E-state index is 12.1. The molecule has 0 aliphatic carbocycles. The van der Waals surface area contributed by atoms with Gasteiger partial charge in [0, 0.05) is 0 Å². The molecule has 0 atom stereocenters. The Balaban J connectivity index is 4.40. The summed E-state index contributed by atoms with van der Waals surface area (Å²) in [7, 11) is 0. The van der Waals surface area contributed by atoms with Crippen molar-refractivity contribution < 1.29 is 17.6 Å². The van der Waals surface area contributed by atoms with Crippen LogP contribution in [0.1, 0.15) is 0 Å². The molecule has 0 aliphatic rings. The van der Waals surface area contributed by atoms with Crippen LogP contribution in [0.2, 0.25) is 6.55 Å². The molecule has 0 radical (unpaired) electrons. The third-order valence-electron chi connectivity index (χ3n) is 0.859. The lowest BCUT2D eigenvalue weighted by Crippen LogP contribution is -2.46. The molecule has 0 nitrogen and oxygen atoms in total. The molecular formula is C3H4Cl2F4Si. The molecule has 0 aromatic carbocycles. The number of hydrogen-bond acceptors (Lipinski definition) is 0. The van der Waals surface area contributed by atoms with E-state index >= 15 is 0 Å². The molecule has 0 rings (SSSR count). The van der Waals surface area contributed by atoms with Gasteiger partial charge >= 0.3 is 12.2 Å². The zero-order valence-electron chi connectivity index (χ0n) is 4.85. The molecular weight excluding hydrogens is 211 g/mol. The van der Waals surface area contributed by atoms with Crippen LogP contribution in [0.4, 0.5) is 17.6 Å². The van der Waals surface area contributed by atoms with Crippen LogP contribution in [0.5, 0.6) is 0 Å². The van der Waals surface area contributed by atoms with Gasteiger partial charge in [0.15, 0.2) is 0 Å². The maximum Gasteiger partial charge on any atom is 0.331 e. The zero-order chi connectivity index (χ0) is 8.58. The van der Waals surface area contributed by atoms with Crippen LogP contribution in [0.15, 0.2) is 0 Å². The van der Waals surface area contributed by atoms with Crippen LogP contribution < -0.4 is 0 Å². The first-order chi connectivity index (χ1) is 4.19. The summed E-state index contributed by atoms with van der Waals surface area (Å²) in [6.45, 7) is -3.33. The lowest BCUT2D eigenvalue weighted by Gasteiger charge is -2.22. The summed E-state index contributed by atoms with van der Waals surface area (Å²) < 4.78 is 47.1. The first-order valence-electron chi connectivity index (χ1n) is 2.23. The quantitative estimate of drug-likeness (QED) is 0.377. The summed E-state index contributed by atoms with van der Waals surface area (Å²) in [5.41, 5.74) is -4.23. The second-order valence-corrected chi connectivity index (χ2v) is 9.37. The molecule has 62 valence electrons. The van der Waals surface area contributed by atoms with Gasteiger partial charge in [0.1, 0.15) is 0 Å². The van der Waals surface area contributed by atoms with E-state index in [1.165, 1.54) is 0 Å². The standard InChI is InChI=1S/C3H4Cl2F4Si/c1-10(4,5)3(8,9)2(6)7/h2H,1H3. The van der Waals surface area contributed by atoms with Crippen LogP contribution in [-0.2, 0) is 0 Å². The van der Waals surface area contributed by atoms with E-state index in [9.17, 15) is 17.6 Å². The molecule has 0 aliphatic heterocycles. The highest BCUT2D eigenvalue weighted by molar-refractivity contribution is 7.45. The lowest BCUT2D eigenvalue weighted by molar-refractivity contribution is -0.0688. The first kappa shape index (κ1) is 10.5. The van der Waals surface area contributed by atoms with Crippen molar-refractivity contribution in [3.8, 4) is 0 Å². The van der Waals surface area contributed by atoms with Gasteiger partial charge in [0.2, 0.25) is 0 Å². The molecule has 0 unspecified atom stereocenters.